The molecule has 1 nitrogen and oxygen atoms in total. The molecule has 0 radical (unpaired) electrons. The maximum absolute atomic E-state index is 5.80. The average Bonchev–Trinajstić information content (AvgIpc) is 2.66. The second-order valence-corrected chi connectivity index (χ2v) is 9.64. The molecular formula is C30H50O. The van der Waals surface area contributed by atoms with Crippen molar-refractivity contribution < 1.29 is 4.74 Å². The summed E-state index contributed by atoms with van der Waals surface area (Å²) in [6, 6.07) is 0. The van der Waals surface area contributed by atoms with Gasteiger partial charge in [-0.1, -0.05) is 69.4 Å². The molecule has 0 saturated heterocycles. The molecule has 0 unspecified atom stereocenters. The van der Waals surface area contributed by atoms with Gasteiger partial charge in [-0.05, 0) is 107 Å². The molecule has 0 atom stereocenters. The van der Waals surface area contributed by atoms with Gasteiger partial charge in [0.25, 0.3) is 0 Å². The van der Waals surface area contributed by atoms with E-state index in [-0.39, 0.29) is 0 Å². The lowest BCUT2D eigenvalue weighted by Gasteiger charge is -2.10. The minimum absolute atomic E-state index is 0.705. The van der Waals surface area contributed by atoms with Crippen molar-refractivity contribution in [1.82, 2.24) is 0 Å². The van der Waals surface area contributed by atoms with Gasteiger partial charge in [0.05, 0.1) is 13.2 Å². The molecule has 31 heavy (non-hydrogen) atoms. The molecule has 0 aliphatic heterocycles. The third kappa shape index (κ3) is 18.9. The van der Waals surface area contributed by atoms with Crippen molar-refractivity contribution in [2.75, 3.05) is 13.2 Å². The normalized spacial score (nSPS) is 12.6. The van der Waals surface area contributed by atoms with E-state index in [1.807, 2.05) is 0 Å². The Labute approximate surface area is 194 Å². The Balaban J connectivity index is 4.33. The monoisotopic (exact) mass is 426 g/mol. The summed E-state index contributed by atoms with van der Waals surface area (Å²) in [7, 11) is 0. The highest BCUT2D eigenvalue weighted by molar-refractivity contribution is 5.18. The van der Waals surface area contributed by atoms with Gasteiger partial charge in [-0.2, -0.15) is 0 Å². The van der Waals surface area contributed by atoms with Crippen LogP contribution in [-0.4, -0.2) is 13.2 Å². The highest BCUT2D eigenvalue weighted by atomic mass is 16.5. The van der Waals surface area contributed by atoms with Crippen molar-refractivity contribution >= 4 is 0 Å². The quantitative estimate of drug-likeness (QED) is 0.187. The second kappa shape index (κ2) is 18.0. The van der Waals surface area contributed by atoms with Crippen LogP contribution < -0.4 is 0 Å². The molecule has 0 amide bonds. The fraction of sp³-hybridized carbons (Fsp3) is 0.600. The van der Waals surface area contributed by atoms with E-state index in [0.717, 1.165) is 38.5 Å². The largest absolute Gasteiger partial charge is 0.373 e. The molecule has 0 bridgehead atoms. The molecule has 0 spiro atoms. The maximum atomic E-state index is 5.80. The first-order valence-electron chi connectivity index (χ1n) is 12.1. The fourth-order valence-corrected chi connectivity index (χ4v) is 3.16. The summed E-state index contributed by atoms with van der Waals surface area (Å²) in [5.74, 6) is 0. The molecule has 0 aliphatic rings. The smallest absolute Gasteiger partial charge is 0.0654 e. The molecule has 176 valence electrons. The van der Waals surface area contributed by atoms with Crippen LogP contribution in [0.1, 0.15) is 107 Å². The predicted octanol–water partition coefficient (Wildman–Crippen LogP) is 9.84. The summed E-state index contributed by atoms with van der Waals surface area (Å²) in [5.41, 5.74) is 10.2. The molecule has 0 aromatic heterocycles. The molecule has 0 N–H and O–H groups in total. The number of hydrogen-bond acceptors (Lipinski definition) is 1. The zero-order chi connectivity index (χ0) is 23.6. The first-order chi connectivity index (χ1) is 14.6. The Bertz CT molecular complexity index is 680. The predicted molar refractivity (Wildman–Crippen MR) is 142 cm³/mol. The summed E-state index contributed by atoms with van der Waals surface area (Å²) in [4.78, 5) is 0. The van der Waals surface area contributed by atoms with Crippen molar-refractivity contribution in [3.8, 4) is 0 Å². The molecule has 1 heteroatoms. The van der Waals surface area contributed by atoms with Gasteiger partial charge in [0.15, 0.2) is 0 Å². The van der Waals surface area contributed by atoms with Crippen LogP contribution in [0.5, 0.6) is 0 Å². The van der Waals surface area contributed by atoms with Gasteiger partial charge in [0, 0.05) is 0 Å². The van der Waals surface area contributed by atoms with Crippen LogP contribution in [0.2, 0.25) is 0 Å². The Hall–Kier alpha value is -1.60. The summed E-state index contributed by atoms with van der Waals surface area (Å²) < 4.78 is 5.80. The molecule has 0 fully saturated rings. The maximum Gasteiger partial charge on any atom is 0.0654 e. The first-order valence-corrected chi connectivity index (χ1v) is 12.1. The van der Waals surface area contributed by atoms with Crippen LogP contribution in [0.15, 0.2) is 69.4 Å². The van der Waals surface area contributed by atoms with Crippen molar-refractivity contribution in [3.63, 3.8) is 0 Å². The van der Waals surface area contributed by atoms with Crippen LogP contribution in [0.4, 0.5) is 0 Å². The van der Waals surface area contributed by atoms with Gasteiger partial charge in [-0.3, -0.25) is 0 Å². The minimum atomic E-state index is 0.705. The van der Waals surface area contributed by atoms with Crippen molar-refractivity contribution in [2.24, 2.45) is 0 Å². The van der Waals surface area contributed by atoms with Gasteiger partial charge in [-0.15, -0.1) is 0 Å². The fourth-order valence-electron chi connectivity index (χ4n) is 3.16. The van der Waals surface area contributed by atoms with Crippen molar-refractivity contribution in [1.29, 1.82) is 0 Å². The summed E-state index contributed by atoms with van der Waals surface area (Å²) in [6.07, 6.45) is 19.4. The molecule has 0 aromatic rings. The molecule has 0 heterocycles. The number of hydrogen-bond donors (Lipinski definition) is 0. The van der Waals surface area contributed by atoms with Crippen molar-refractivity contribution in [2.45, 2.75) is 107 Å². The minimum Gasteiger partial charge on any atom is -0.373 e. The Morgan fingerprint density at radius 3 is 1.42 bits per heavy atom. The zero-order valence-corrected chi connectivity index (χ0v) is 22.2. The van der Waals surface area contributed by atoms with Crippen LogP contribution >= 0.6 is 0 Å². The third-order valence-electron chi connectivity index (χ3n) is 5.51. The van der Waals surface area contributed by atoms with Gasteiger partial charge >= 0.3 is 0 Å². The number of rotatable bonds is 15. The van der Waals surface area contributed by atoms with Gasteiger partial charge < -0.3 is 4.74 Å². The van der Waals surface area contributed by atoms with Gasteiger partial charge in [-0.25, -0.2) is 0 Å². The molecular weight excluding hydrogens is 376 g/mol. The lowest BCUT2D eigenvalue weighted by molar-refractivity contribution is 0.192. The Morgan fingerprint density at radius 1 is 0.516 bits per heavy atom. The zero-order valence-electron chi connectivity index (χ0n) is 22.2. The Kier molecular flexibility index (Phi) is 17.1. The van der Waals surface area contributed by atoms with E-state index < -0.39 is 0 Å². The Morgan fingerprint density at radius 2 is 0.968 bits per heavy atom. The SMILES string of the molecule is CC(C)=CCC/C(C)=C/COC/C=C(\C)CCC(C/C=C(\C)CCC=C(C)C)=C(C)C. The number of ether oxygens (including phenoxy) is 1. The second-order valence-electron chi connectivity index (χ2n) is 9.64. The van der Waals surface area contributed by atoms with E-state index in [9.17, 15) is 0 Å². The van der Waals surface area contributed by atoms with Crippen LogP contribution in [0, 0.1) is 0 Å². The third-order valence-corrected chi connectivity index (χ3v) is 5.51. The van der Waals surface area contributed by atoms with Crippen molar-refractivity contribution in [3.05, 3.63) is 69.4 Å². The molecule has 0 aliphatic carbocycles. The van der Waals surface area contributed by atoms with Crippen LogP contribution in [-0.2, 0) is 4.74 Å². The molecule has 0 rings (SSSR count). The summed E-state index contributed by atoms with van der Waals surface area (Å²) >= 11 is 0. The summed E-state index contributed by atoms with van der Waals surface area (Å²) in [6.45, 7) is 21.3. The average molecular weight is 427 g/mol. The summed E-state index contributed by atoms with van der Waals surface area (Å²) in [5, 5.41) is 0. The lowest BCUT2D eigenvalue weighted by Crippen LogP contribution is -1.94. The topological polar surface area (TPSA) is 9.23 Å². The molecule has 0 aromatic carbocycles. The van der Waals surface area contributed by atoms with E-state index in [1.54, 1.807) is 5.57 Å². The highest BCUT2D eigenvalue weighted by Crippen LogP contribution is 2.20. The number of allylic oxidation sites excluding steroid dienone is 10. The van der Waals surface area contributed by atoms with E-state index in [1.165, 1.54) is 39.9 Å². The van der Waals surface area contributed by atoms with E-state index in [4.69, 9.17) is 4.74 Å². The van der Waals surface area contributed by atoms with E-state index in [0.29, 0.717) is 13.2 Å². The van der Waals surface area contributed by atoms with E-state index >= 15 is 0 Å². The van der Waals surface area contributed by atoms with Crippen LogP contribution in [0.25, 0.3) is 0 Å². The highest BCUT2D eigenvalue weighted by Gasteiger charge is 2.01. The van der Waals surface area contributed by atoms with E-state index in [2.05, 4.69) is 92.7 Å². The molecule has 0 saturated carbocycles. The first kappa shape index (κ1) is 29.4. The van der Waals surface area contributed by atoms with Gasteiger partial charge in [0.1, 0.15) is 0 Å². The lowest BCUT2D eigenvalue weighted by atomic mass is 9.97. The van der Waals surface area contributed by atoms with Crippen LogP contribution in [0.3, 0.4) is 0 Å². The van der Waals surface area contributed by atoms with Gasteiger partial charge in [0.2, 0.25) is 0 Å². The standard InChI is InChI=1S/C30H50O/c1-24(2)12-10-14-27(7)16-18-30(26(5)6)19-17-29(9)21-23-31-22-20-28(8)15-11-13-25(3)4/h12-13,16,20-21H,10-11,14-15,17-19,22-23H2,1-9H3/b27-16+,28-20+,29-21+.